The number of hydrogen-bond acceptors (Lipinski definition) is 0. The minimum Gasteiger partial charge on any atom is -0.171 e. The predicted octanol–water partition coefficient (Wildman–Crippen LogP) is 5.34. The molecule has 1 aromatic carbocycles. The molecule has 0 amide bonds. The third kappa shape index (κ3) is 3.43. The summed E-state index contributed by atoms with van der Waals surface area (Å²) in [5, 5.41) is 0. The Hall–Kier alpha value is -0.287. The van der Waals surface area contributed by atoms with Crippen LogP contribution in [0, 0.1) is 0 Å². The first-order chi connectivity index (χ1) is 8.21. The van der Waals surface area contributed by atoms with E-state index in [1.807, 2.05) is 0 Å². The topological polar surface area (TPSA) is 0 Å². The van der Waals surface area contributed by atoms with Crippen LogP contribution in [0.15, 0.2) is 30.4 Å². The van der Waals surface area contributed by atoms with Crippen molar-refractivity contribution in [2.45, 2.75) is 58.8 Å². The molecule has 0 saturated carbocycles. The molecule has 0 spiro atoms. The number of rotatable bonds is 1. The third-order valence-corrected chi connectivity index (χ3v) is 3.66. The van der Waals surface area contributed by atoms with Gasteiger partial charge in [-0.15, -0.1) is 28.8 Å². The van der Waals surface area contributed by atoms with Crippen molar-refractivity contribution in [2.24, 2.45) is 0 Å². The molecule has 1 aliphatic rings. The Morgan fingerprint density at radius 3 is 2.11 bits per heavy atom. The van der Waals surface area contributed by atoms with E-state index in [1.54, 1.807) is 0 Å². The summed E-state index contributed by atoms with van der Waals surface area (Å²) in [6.45, 7) is 13.8. The molecule has 0 saturated heterocycles. The van der Waals surface area contributed by atoms with Gasteiger partial charge in [-0.3, -0.25) is 0 Å². The fraction of sp³-hybridized carbons (Fsp3) is 0.500. The molecule has 0 aliphatic heterocycles. The van der Waals surface area contributed by atoms with Crippen LogP contribution in [0.5, 0.6) is 0 Å². The van der Waals surface area contributed by atoms with Gasteiger partial charge in [-0.05, 0) is 11.8 Å². The van der Waals surface area contributed by atoms with Crippen molar-refractivity contribution in [3.63, 3.8) is 0 Å². The van der Waals surface area contributed by atoms with Crippen LogP contribution in [0.25, 0.3) is 5.57 Å². The van der Waals surface area contributed by atoms with Crippen molar-refractivity contribution in [2.75, 3.05) is 0 Å². The molecular formula is C18H25Zr-. The summed E-state index contributed by atoms with van der Waals surface area (Å²) in [6, 6.07) is 4.66. The standard InChI is InChI=1S/C18H25.Zr/c1-17(2,3)14-11-12-15(18(4,5)6)16(14)13-9-7-8-10-13;/h7-9,11-12H,10H2,1-6H3;/q-1;. The molecule has 0 unspecified atom stereocenters. The van der Waals surface area contributed by atoms with E-state index in [0.717, 1.165) is 6.42 Å². The van der Waals surface area contributed by atoms with Crippen molar-refractivity contribution in [3.05, 3.63) is 47.1 Å². The van der Waals surface area contributed by atoms with Crippen molar-refractivity contribution < 1.29 is 26.2 Å². The van der Waals surface area contributed by atoms with Crippen LogP contribution in [0.1, 0.15) is 64.7 Å². The van der Waals surface area contributed by atoms with E-state index >= 15 is 0 Å². The van der Waals surface area contributed by atoms with Crippen LogP contribution in [-0.4, -0.2) is 0 Å². The molecule has 1 aliphatic carbocycles. The number of hydrogen-bond donors (Lipinski definition) is 0. The minimum absolute atomic E-state index is 0. The zero-order chi connectivity index (χ0) is 13.6. The molecule has 0 radical (unpaired) electrons. The van der Waals surface area contributed by atoms with E-state index in [4.69, 9.17) is 0 Å². The SMILES string of the molecule is CC(C)(C)c1cc[c-](C(C)(C)C)c1C1=CC=CC1.[Zr]. The first-order valence-corrected chi connectivity index (χ1v) is 6.88. The summed E-state index contributed by atoms with van der Waals surface area (Å²) in [5.41, 5.74) is 6.38. The quantitative estimate of drug-likeness (QED) is 0.609. The Balaban J connectivity index is 0.00000180. The molecule has 0 aromatic heterocycles. The minimum atomic E-state index is 0. The van der Waals surface area contributed by atoms with E-state index < -0.39 is 0 Å². The Morgan fingerprint density at radius 1 is 1.05 bits per heavy atom. The molecule has 102 valence electrons. The Kier molecular flexibility index (Phi) is 4.95. The largest absolute Gasteiger partial charge is 0.171 e. The fourth-order valence-electron chi connectivity index (χ4n) is 2.71. The van der Waals surface area contributed by atoms with Gasteiger partial charge in [-0.25, -0.2) is 0 Å². The van der Waals surface area contributed by atoms with Gasteiger partial charge < -0.3 is 0 Å². The van der Waals surface area contributed by atoms with Gasteiger partial charge in [-0.2, -0.15) is 11.6 Å². The van der Waals surface area contributed by atoms with E-state index in [1.165, 1.54) is 22.3 Å². The number of allylic oxidation sites excluding steroid dienone is 4. The van der Waals surface area contributed by atoms with Crippen LogP contribution in [0.2, 0.25) is 0 Å². The van der Waals surface area contributed by atoms with Gasteiger partial charge in [0.05, 0.1) is 0 Å². The van der Waals surface area contributed by atoms with Gasteiger partial charge in [0, 0.05) is 26.2 Å². The van der Waals surface area contributed by atoms with E-state index in [-0.39, 0.29) is 37.0 Å². The first kappa shape index (κ1) is 16.8. The van der Waals surface area contributed by atoms with Crippen LogP contribution in [-0.2, 0) is 37.0 Å². The molecule has 0 nitrogen and oxygen atoms in total. The van der Waals surface area contributed by atoms with Gasteiger partial charge >= 0.3 is 0 Å². The average Bonchev–Trinajstić information content (AvgIpc) is 2.83. The maximum Gasteiger partial charge on any atom is 0 e. The molecule has 0 N–H and O–H groups in total. The van der Waals surface area contributed by atoms with Crippen LogP contribution < -0.4 is 0 Å². The van der Waals surface area contributed by atoms with Crippen LogP contribution >= 0.6 is 0 Å². The summed E-state index contributed by atoms with van der Waals surface area (Å²) >= 11 is 0. The van der Waals surface area contributed by atoms with Crippen molar-refractivity contribution in [1.82, 2.24) is 0 Å². The molecule has 2 rings (SSSR count). The van der Waals surface area contributed by atoms with Crippen molar-refractivity contribution >= 4 is 5.57 Å². The molecule has 1 aromatic rings. The summed E-state index contributed by atoms with van der Waals surface area (Å²) in [7, 11) is 0. The smallest absolute Gasteiger partial charge is 0 e. The van der Waals surface area contributed by atoms with Gasteiger partial charge in [0.2, 0.25) is 0 Å². The summed E-state index contributed by atoms with van der Waals surface area (Å²) < 4.78 is 0. The third-order valence-electron chi connectivity index (χ3n) is 3.66. The second-order valence-corrected chi connectivity index (χ2v) is 7.36. The second kappa shape index (κ2) is 5.60. The maximum atomic E-state index is 2.33. The molecule has 0 atom stereocenters. The van der Waals surface area contributed by atoms with Crippen LogP contribution in [0.4, 0.5) is 0 Å². The molecule has 0 fully saturated rings. The molecule has 19 heavy (non-hydrogen) atoms. The molecule has 0 bridgehead atoms. The Labute approximate surface area is 137 Å². The summed E-state index contributed by atoms with van der Waals surface area (Å²) in [4.78, 5) is 0. The molecule has 1 heteroatoms. The van der Waals surface area contributed by atoms with Gasteiger partial charge in [-0.1, -0.05) is 59.1 Å². The monoisotopic (exact) mass is 331 g/mol. The summed E-state index contributed by atoms with van der Waals surface area (Å²) in [6.07, 6.45) is 7.79. The first-order valence-electron chi connectivity index (χ1n) is 6.88. The molecular weight excluding hydrogens is 307 g/mol. The van der Waals surface area contributed by atoms with Gasteiger partial charge in [0.25, 0.3) is 0 Å². The normalized spacial score (nSPS) is 15.4. The molecule has 0 heterocycles. The average molecular weight is 333 g/mol. The second-order valence-electron chi connectivity index (χ2n) is 7.36. The van der Waals surface area contributed by atoms with E-state index in [9.17, 15) is 0 Å². The van der Waals surface area contributed by atoms with E-state index in [0.29, 0.717) is 0 Å². The van der Waals surface area contributed by atoms with Crippen molar-refractivity contribution in [3.8, 4) is 0 Å². The zero-order valence-corrected chi connectivity index (χ0v) is 15.6. The fourth-order valence-corrected chi connectivity index (χ4v) is 2.71. The predicted molar refractivity (Wildman–Crippen MR) is 81.2 cm³/mol. The maximum absolute atomic E-state index is 2.33. The van der Waals surface area contributed by atoms with E-state index in [2.05, 4.69) is 71.9 Å². The van der Waals surface area contributed by atoms with Gasteiger partial charge in [0.15, 0.2) is 0 Å². The van der Waals surface area contributed by atoms with Crippen molar-refractivity contribution in [1.29, 1.82) is 0 Å². The Bertz CT molecular complexity index is 467. The Morgan fingerprint density at radius 2 is 1.68 bits per heavy atom. The summed E-state index contributed by atoms with van der Waals surface area (Å²) in [5.74, 6) is 0. The zero-order valence-electron chi connectivity index (χ0n) is 13.1. The van der Waals surface area contributed by atoms with Gasteiger partial charge in [0.1, 0.15) is 0 Å². The van der Waals surface area contributed by atoms with Crippen LogP contribution in [0.3, 0.4) is 0 Å².